The molecule has 1 aromatic carbocycles. The molecule has 0 aliphatic rings. The summed E-state index contributed by atoms with van der Waals surface area (Å²) in [6.45, 7) is 1.97. The Balaban J connectivity index is 2.80. The highest BCUT2D eigenvalue weighted by molar-refractivity contribution is 7.80. The van der Waals surface area contributed by atoms with Crippen molar-refractivity contribution in [2.45, 2.75) is 26.2 Å². The second-order valence-electron chi connectivity index (χ2n) is 4.53. The molecule has 0 fully saturated rings. The van der Waals surface area contributed by atoms with Crippen LogP contribution in [-0.4, -0.2) is 39.7 Å². The van der Waals surface area contributed by atoms with E-state index >= 15 is 0 Å². The fourth-order valence-electron chi connectivity index (χ4n) is 1.89. The van der Waals surface area contributed by atoms with Crippen molar-refractivity contribution in [2.24, 2.45) is 0 Å². The van der Waals surface area contributed by atoms with Crippen molar-refractivity contribution >= 4 is 35.4 Å². The molecule has 1 amide bonds. The van der Waals surface area contributed by atoms with Crippen LogP contribution >= 0.6 is 12.2 Å². The maximum atomic E-state index is 12.5. The van der Waals surface area contributed by atoms with E-state index in [1.807, 2.05) is 0 Å². The van der Waals surface area contributed by atoms with E-state index in [-0.39, 0.29) is 12.3 Å². The third-order valence-electron chi connectivity index (χ3n) is 2.97. The predicted molar refractivity (Wildman–Crippen MR) is 82.6 cm³/mol. The number of carboxylic acids is 1. The highest BCUT2D eigenvalue weighted by Gasteiger charge is 2.19. The summed E-state index contributed by atoms with van der Waals surface area (Å²) in [6.07, 6.45) is 1.70. The molecule has 0 saturated carbocycles. The van der Waals surface area contributed by atoms with E-state index in [0.717, 1.165) is 0 Å². The van der Waals surface area contributed by atoms with E-state index in [1.165, 1.54) is 4.90 Å². The van der Waals surface area contributed by atoms with Crippen molar-refractivity contribution in [1.82, 2.24) is 4.90 Å². The van der Waals surface area contributed by atoms with Crippen LogP contribution in [0.15, 0.2) is 24.3 Å². The van der Waals surface area contributed by atoms with Gasteiger partial charge in [-0.2, -0.15) is 0 Å². The Morgan fingerprint density at radius 1 is 1.29 bits per heavy atom. The third kappa shape index (κ3) is 5.07. The molecular weight excluding hydrogens is 290 g/mol. The molecule has 0 bridgehead atoms. The number of unbranched alkanes of at least 4 members (excludes halogenated alkanes) is 1. The predicted octanol–water partition coefficient (Wildman–Crippen LogP) is 2.54. The molecule has 0 radical (unpaired) electrons. The van der Waals surface area contributed by atoms with Crippen molar-refractivity contribution in [1.29, 1.82) is 0 Å². The van der Waals surface area contributed by atoms with Crippen LogP contribution in [0, 0.1) is 0 Å². The molecule has 0 aromatic heterocycles. The molecule has 0 atom stereocenters. The quantitative estimate of drug-likeness (QED) is 0.476. The average molecular weight is 307 g/mol. The fourth-order valence-corrected chi connectivity index (χ4v) is 2.06. The van der Waals surface area contributed by atoms with Crippen molar-refractivity contribution in [2.75, 3.05) is 6.54 Å². The Bertz CT molecular complexity index is 556. The molecule has 0 unspecified atom stereocenters. The lowest BCUT2D eigenvalue weighted by Crippen LogP contribution is -2.35. The summed E-state index contributed by atoms with van der Waals surface area (Å²) >= 11 is 5.07. The van der Waals surface area contributed by atoms with Crippen molar-refractivity contribution in [3.8, 4) is 0 Å². The van der Waals surface area contributed by atoms with E-state index in [1.54, 1.807) is 31.2 Å². The van der Waals surface area contributed by atoms with E-state index in [9.17, 15) is 14.4 Å². The molecule has 112 valence electrons. The molecule has 0 heterocycles. The number of thiocarbonyl (C=S) groups is 1. The second kappa shape index (κ2) is 8.26. The normalized spacial score (nSPS) is 9.95. The molecule has 21 heavy (non-hydrogen) atoms. The number of carboxylic acid groups (broad SMARTS) is 1. The van der Waals surface area contributed by atoms with Crippen molar-refractivity contribution in [3.63, 3.8) is 0 Å². The van der Waals surface area contributed by atoms with Crippen LogP contribution in [0.25, 0.3) is 0 Å². The second-order valence-corrected chi connectivity index (χ2v) is 5.12. The summed E-state index contributed by atoms with van der Waals surface area (Å²) in [4.78, 5) is 35.7. The molecule has 0 spiro atoms. The Hall–Kier alpha value is -2.08. The summed E-state index contributed by atoms with van der Waals surface area (Å²) in [6, 6.07) is 6.51. The summed E-state index contributed by atoms with van der Waals surface area (Å²) < 4.78 is 0. The summed E-state index contributed by atoms with van der Waals surface area (Å²) in [7, 11) is 0. The molecule has 1 aromatic rings. The van der Waals surface area contributed by atoms with Gasteiger partial charge >= 0.3 is 5.97 Å². The zero-order chi connectivity index (χ0) is 15.8. The number of benzene rings is 1. The van der Waals surface area contributed by atoms with Gasteiger partial charge in [0.2, 0.25) is 0 Å². The topological polar surface area (TPSA) is 74.7 Å². The monoisotopic (exact) mass is 307 g/mol. The number of nitrogens with zero attached hydrogens (tertiary/aromatic N) is 1. The zero-order valence-electron chi connectivity index (χ0n) is 11.7. The highest BCUT2D eigenvalue weighted by atomic mass is 32.1. The van der Waals surface area contributed by atoms with E-state index < -0.39 is 5.97 Å². The van der Waals surface area contributed by atoms with Gasteiger partial charge in [-0.15, -0.1) is 0 Å². The van der Waals surface area contributed by atoms with Gasteiger partial charge in [0, 0.05) is 18.5 Å². The first-order valence-electron chi connectivity index (χ1n) is 6.55. The maximum absolute atomic E-state index is 12.5. The van der Waals surface area contributed by atoms with Gasteiger partial charge in [0.15, 0.2) is 6.29 Å². The number of amides is 1. The Labute approximate surface area is 128 Å². The molecule has 6 heteroatoms. The lowest BCUT2D eigenvalue weighted by Gasteiger charge is -2.22. The molecular formula is C15H17NO4S. The largest absolute Gasteiger partial charge is 0.481 e. The maximum Gasteiger partial charge on any atom is 0.303 e. The van der Waals surface area contributed by atoms with Gasteiger partial charge in [-0.25, -0.2) is 0 Å². The SMILES string of the molecule is CC(=S)N(CCCCC(=O)O)C(=O)c1ccccc1C=O. The van der Waals surface area contributed by atoms with Gasteiger partial charge < -0.3 is 10.0 Å². The lowest BCUT2D eigenvalue weighted by molar-refractivity contribution is -0.137. The number of carbonyl (C=O) groups excluding carboxylic acids is 2. The van der Waals surface area contributed by atoms with Gasteiger partial charge in [0.05, 0.1) is 10.6 Å². The van der Waals surface area contributed by atoms with Crippen LogP contribution in [0.1, 0.15) is 46.9 Å². The Morgan fingerprint density at radius 2 is 1.95 bits per heavy atom. The van der Waals surface area contributed by atoms with Gasteiger partial charge in [0.25, 0.3) is 5.91 Å². The Morgan fingerprint density at radius 3 is 2.52 bits per heavy atom. The fraction of sp³-hybridized carbons (Fsp3) is 0.333. The number of carbonyl (C=O) groups is 3. The lowest BCUT2D eigenvalue weighted by atomic mass is 10.1. The first kappa shape index (κ1) is 17.0. The number of hydrogen-bond acceptors (Lipinski definition) is 4. The van der Waals surface area contributed by atoms with E-state index in [4.69, 9.17) is 17.3 Å². The zero-order valence-corrected chi connectivity index (χ0v) is 12.6. The number of hydrogen-bond donors (Lipinski definition) is 1. The molecule has 0 aliphatic carbocycles. The van der Waals surface area contributed by atoms with Gasteiger partial charge in [-0.3, -0.25) is 14.4 Å². The summed E-state index contributed by atoms with van der Waals surface area (Å²) in [5.41, 5.74) is 0.615. The van der Waals surface area contributed by atoms with Crippen molar-refractivity contribution < 1.29 is 19.5 Å². The standard InChI is InChI=1S/C15H17NO4S/c1-11(21)16(9-5-4-8-14(18)19)15(20)13-7-3-2-6-12(13)10-17/h2-3,6-7,10H,4-5,8-9H2,1H3,(H,18,19). The van der Waals surface area contributed by atoms with Gasteiger partial charge in [-0.05, 0) is 25.8 Å². The molecule has 5 nitrogen and oxygen atoms in total. The minimum absolute atomic E-state index is 0.0590. The Kier molecular flexibility index (Phi) is 6.68. The van der Waals surface area contributed by atoms with Crippen LogP contribution in [0.5, 0.6) is 0 Å². The smallest absolute Gasteiger partial charge is 0.303 e. The van der Waals surface area contributed by atoms with E-state index in [0.29, 0.717) is 41.8 Å². The number of aldehydes is 1. The van der Waals surface area contributed by atoms with Crippen LogP contribution in [-0.2, 0) is 4.79 Å². The van der Waals surface area contributed by atoms with Gasteiger partial charge in [0.1, 0.15) is 0 Å². The summed E-state index contributed by atoms with van der Waals surface area (Å²) in [5, 5.41) is 8.60. The number of rotatable bonds is 7. The first-order chi connectivity index (χ1) is 9.97. The number of aliphatic carboxylic acids is 1. The van der Waals surface area contributed by atoms with E-state index in [2.05, 4.69) is 0 Å². The van der Waals surface area contributed by atoms with Crippen LogP contribution in [0.4, 0.5) is 0 Å². The molecule has 0 aliphatic heterocycles. The van der Waals surface area contributed by atoms with Crippen LogP contribution in [0.2, 0.25) is 0 Å². The average Bonchev–Trinajstić information content (AvgIpc) is 2.45. The molecule has 1 rings (SSSR count). The third-order valence-corrected chi connectivity index (χ3v) is 3.19. The minimum atomic E-state index is -0.863. The highest BCUT2D eigenvalue weighted by Crippen LogP contribution is 2.12. The minimum Gasteiger partial charge on any atom is -0.481 e. The van der Waals surface area contributed by atoms with Crippen LogP contribution in [0.3, 0.4) is 0 Å². The van der Waals surface area contributed by atoms with Crippen molar-refractivity contribution in [3.05, 3.63) is 35.4 Å². The first-order valence-corrected chi connectivity index (χ1v) is 6.96. The van der Waals surface area contributed by atoms with Crippen LogP contribution < -0.4 is 0 Å². The molecule has 1 N–H and O–H groups in total. The van der Waals surface area contributed by atoms with Gasteiger partial charge in [-0.1, -0.05) is 30.4 Å². The molecule has 0 saturated heterocycles. The summed E-state index contributed by atoms with van der Waals surface area (Å²) in [5.74, 6) is -1.20.